The number of nitrogens with one attached hydrogen (secondary N) is 3. The molecular formula is C27H34N6O5. The van der Waals surface area contributed by atoms with Gasteiger partial charge in [0.05, 0.1) is 13.2 Å². The molecule has 1 aliphatic carbocycles. The van der Waals surface area contributed by atoms with Gasteiger partial charge in [0, 0.05) is 30.3 Å². The van der Waals surface area contributed by atoms with Crippen LogP contribution in [0.2, 0.25) is 0 Å². The van der Waals surface area contributed by atoms with Gasteiger partial charge in [0.2, 0.25) is 5.88 Å². The van der Waals surface area contributed by atoms with Gasteiger partial charge in [-0.05, 0) is 75.4 Å². The fourth-order valence-corrected chi connectivity index (χ4v) is 5.55. The summed E-state index contributed by atoms with van der Waals surface area (Å²) in [7, 11) is 0. The third-order valence-corrected chi connectivity index (χ3v) is 7.84. The molecule has 3 aliphatic heterocycles. The Balaban J connectivity index is 0.975. The summed E-state index contributed by atoms with van der Waals surface area (Å²) in [6.45, 7) is 9.02. The minimum absolute atomic E-state index is 0.0359. The van der Waals surface area contributed by atoms with Gasteiger partial charge < -0.3 is 30.2 Å². The monoisotopic (exact) mass is 522 g/mol. The summed E-state index contributed by atoms with van der Waals surface area (Å²) in [5, 5.41) is 9.52. The summed E-state index contributed by atoms with van der Waals surface area (Å²) < 4.78 is 17.0. The van der Waals surface area contributed by atoms with Gasteiger partial charge in [0.15, 0.2) is 18.2 Å². The minimum Gasteiger partial charge on any atom is -0.480 e. The smallest absolute Gasteiger partial charge is 0.415 e. The summed E-state index contributed by atoms with van der Waals surface area (Å²) in [6, 6.07) is 3.41. The third-order valence-electron chi connectivity index (χ3n) is 7.84. The Hall–Kier alpha value is -3.44. The van der Waals surface area contributed by atoms with Crippen LogP contribution in [0.5, 0.6) is 11.6 Å². The Morgan fingerprint density at radius 3 is 2.79 bits per heavy atom. The number of aromatic nitrogens is 2. The van der Waals surface area contributed by atoms with Gasteiger partial charge in [-0.1, -0.05) is 0 Å². The largest absolute Gasteiger partial charge is 0.480 e. The lowest BCUT2D eigenvalue weighted by Crippen LogP contribution is -2.45. The molecule has 6 rings (SSSR count). The van der Waals surface area contributed by atoms with Crippen LogP contribution < -0.4 is 30.3 Å². The fourth-order valence-electron chi connectivity index (χ4n) is 5.55. The van der Waals surface area contributed by atoms with Crippen molar-refractivity contribution in [3.63, 3.8) is 0 Å². The summed E-state index contributed by atoms with van der Waals surface area (Å²) in [6.07, 6.45) is 2.10. The van der Waals surface area contributed by atoms with Crippen LogP contribution in [0.25, 0.3) is 0 Å². The van der Waals surface area contributed by atoms with E-state index in [1.807, 2.05) is 0 Å². The summed E-state index contributed by atoms with van der Waals surface area (Å²) in [5.74, 6) is 2.87. The maximum absolute atomic E-state index is 12.5. The summed E-state index contributed by atoms with van der Waals surface area (Å²) in [5.41, 5.74) is 5.02. The van der Waals surface area contributed by atoms with Crippen molar-refractivity contribution < 1.29 is 23.8 Å². The van der Waals surface area contributed by atoms with Crippen molar-refractivity contribution in [1.82, 2.24) is 20.6 Å². The first-order valence-corrected chi connectivity index (χ1v) is 13.4. The number of anilines is 2. The lowest BCUT2D eigenvalue weighted by atomic mass is 10.0. The van der Waals surface area contributed by atoms with Gasteiger partial charge in [-0.3, -0.25) is 9.69 Å². The van der Waals surface area contributed by atoms with Crippen LogP contribution in [-0.4, -0.2) is 74.0 Å². The first-order chi connectivity index (χ1) is 18.4. The van der Waals surface area contributed by atoms with Gasteiger partial charge in [-0.25, -0.2) is 14.8 Å². The highest BCUT2D eigenvalue weighted by molar-refractivity contribution is 5.95. The molecule has 3 N–H and O–H groups in total. The van der Waals surface area contributed by atoms with Gasteiger partial charge in [0.1, 0.15) is 11.9 Å². The van der Waals surface area contributed by atoms with E-state index in [9.17, 15) is 9.59 Å². The first-order valence-electron chi connectivity index (χ1n) is 13.4. The number of ether oxygens (including phenoxy) is 3. The number of carbonyl (C=O) groups excluding carboxylic acids is 2. The molecule has 0 aromatic carbocycles. The van der Waals surface area contributed by atoms with Crippen molar-refractivity contribution in [1.29, 1.82) is 0 Å². The number of pyridine rings is 2. The van der Waals surface area contributed by atoms with E-state index >= 15 is 0 Å². The second kappa shape index (κ2) is 10.4. The summed E-state index contributed by atoms with van der Waals surface area (Å²) >= 11 is 0. The molecule has 0 saturated carbocycles. The molecule has 0 spiro atoms. The quantitative estimate of drug-likeness (QED) is 0.422. The Morgan fingerprint density at radius 2 is 1.97 bits per heavy atom. The Bertz CT molecular complexity index is 1250. The molecule has 2 amide bonds. The molecule has 0 bridgehead atoms. The predicted octanol–water partition coefficient (Wildman–Crippen LogP) is 1.74. The predicted molar refractivity (Wildman–Crippen MR) is 140 cm³/mol. The lowest BCUT2D eigenvalue weighted by molar-refractivity contribution is -0.118. The van der Waals surface area contributed by atoms with E-state index in [-0.39, 0.29) is 18.6 Å². The van der Waals surface area contributed by atoms with Crippen molar-refractivity contribution in [2.75, 3.05) is 56.2 Å². The average molecular weight is 523 g/mol. The molecule has 202 valence electrons. The van der Waals surface area contributed by atoms with Gasteiger partial charge in [-0.2, -0.15) is 0 Å². The standard InChI is InChI=1S/C27H34N6O5/c1-15-20-7-17(8-21(20)16(2)30-26(15)37-13-18-10-29-11-18)9-28-6-5-19-12-33(27(35)38-19)23-4-3-22-25(31-23)32-24(34)14-36-22/h3-4,17-19,28-29H,5-14H2,1-2H3,(H,31,32,34). The lowest BCUT2D eigenvalue weighted by Gasteiger charge is -2.27. The van der Waals surface area contributed by atoms with E-state index in [0.29, 0.717) is 42.2 Å². The van der Waals surface area contributed by atoms with E-state index in [1.165, 1.54) is 21.6 Å². The zero-order valence-corrected chi connectivity index (χ0v) is 21.8. The van der Waals surface area contributed by atoms with E-state index < -0.39 is 6.09 Å². The third kappa shape index (κ3) is 5.00. The van der Waals surface area contributed by atoms with E-state index in [0.717, 1.165) is 57.2 Å². The molecule has 2 fully saturated rings. The number of nitrogens with zero attached hydrogens (tertiary/aromatic N) is 3. The Labute approximate surface area is 221 Å². The molecule has 4 aliphatic rings. The number of cyclic esters (lactones) is 1. The van der Waals surface area contributed by atoms with Crippen LogP contribution >= 0.6 is 0 Å². The molecular weight excluding hydrogens is 488 g/mol. The van der Waals surface area contributed by atoms with Gasteiger partial charge >= 0.3 is 6.09 Å². The zero-order valence-electron chi connectivity index (χ0n) is 21.8. The highest BCUT2D eigenvalue weighted by atomic mass is 16.6. The average Bonchev–Trinajstić information content (AvgIpc) is 3.47. The molecule has 5 heterocycles. The SMILES string of the molecule is Cc1nc(OCC2CNC2)c(C)c2c1CC(CNCCC1CN(c3ccc4c(n3)NC(=O)CO4)C(=O)O1)C2. The van der Waals surface area contributed by atoms with Crippen molar-refractivity contribution in [3.05, 3.63) is 34.5 Å². The zero-order chi connectivity index (χ0) is 26.2. The first kappa shape index (κ1) is 24.9. The van der Waals surface area contributed by atoms with Crippen LogP contribution in [-0.2, 0) is 22.4 Å². The molecule has 0 radical (unpaired) electrons. The highest BCUT2D eigenvalue weighted by Crippen LogP contribution is 2.35. The maximum Gasteiger partial charge on any atom is 0.415 e. The number of fused-ring (bicyclic) bond motifs is 2. The van der Waals surface area contributed by atoms with Gasteiger partial charge in [-0.15, -0.1) is 0 Å². The molecule has 2 unspecified atom stereocenters. The molecule has 11 heteroatoms. The van der Waals surface area contributed by atoms with Crippen molar-refractivity contribution in [2.24, 2.45) is 11.8 Å². The van der Waals surface area contributed by atoms with Crippen molar-refractivity contribution in [3.8, 4) is 11.6 Å². The molecule has 11 nitrogen and oxygen atoms in total. The van der Waals surface area contributed by atoms with Crippen LogP contribution in [0.4, 0.5) is 16.4 Å². The fraction of sp³-hybridized carbons (Fsp3) is 0.556. The number of carbonyl (C=O) groups is 2. The molecule has 38 heavy (non-hydrogen) atoms. The van der Waals surface area contributed by atoms with Crippen molar-refractivity contribution >= 4 is 23.6 Å². The second-order valence-electron chi connectivity index (χ2n) is 10.7. The van der Waals surface area contributed by atoms with Crippen molar-refractivity contribution in [2.45, 2.75) is 39.2 Å². The maximum atomic E-state index is 12.5. The van der Waals surface area contributed by atoms with Crippen LogP contribution in [0.1, 0.15) is 28.8 Å². The minimum atomic E-state index is -0.429. The number of aryl methyl sites for hydroxylation is 1. The number of hydrogen-bond acceptors (Lipinski definition) is 9. The highest BCUT2D eigenvalue weighted by Gasteiger charge is 2.34. The molecule has 2 aromatic heterocycles. The van der Waals surface area contributed by atoms with E-state index in [1.54, 1.807) is 12.1 Å². The molecule has 2 atom stereocenters. The Kier molecular flexibility index (Phi) is 6.79. The number of hydrogen-bond donors (Lipinski definition) is 3. The number of rotatable bonds is 9. The van der Waals surface area contributed by atoms with Crippen LogP contribution in [0.3, 0.4) is 0 Å². The Morgan fingerprint density at radius 1 is 1.13 bits per heavy atom. The van der Waals surface area contributed by atoms with E-state index in [4.69, 9.17) is 19.2 Å². The topological polar surface area (TPSA) is 127 Å². The summed E-state index contributed by atoms with van der Waals surface area (Å²) in [4.78, 5) is 34.7. The van der Waals surface area contributed by atoms with Crippen LogP contribution in [0, 0.1) is 25.7 Å². The van der Waals surface area contributed by atoms with E-state index in [2.05, 4.69) is 34.8 Å². The number of amides is 2. The van der Waals surface area contributed by atoms with Gasteiger partial charge in [0.25, 0.3) is 5.91 Å². The molecule has 2 aromatic rings. The molecule has 2 saturated heterocycles. The second-order valence-corrected chi connectivity index (χ2v) is 10.7. The normalized spacial score (nSPS) is 22.3. The van der Waals surface area contributed by atoms with Crippen LogP contribution in [0.15, 0.2) is 12.1 Å².